The molecule has 0 saturated heterocycles. The molecule has 3 N–H and O–H groups in total. The van der Waals surface area contributed by atoms with Crippen LogP contribution in [0.1, 0.15) is 12.0 Å². The van der Waals surface area contributed by atoms with Crippen molar-refractivity contribution in [3.8, 4) is 0 Å². The minimum absolute atomic E-state index is 0.109. The number of anilines is 1. The van der Waals surface area contributed by atoms with Crippen LogP contribution >= 0.6 is 0 Å². The van der Waals surface area contributed by atoms with Crippen LogP contribution in [0, 0.1) is 0 Å². The molecule has 2 rings (SSSR count). The first kappa shape index (κ1) is 13.2. The zero-order valence-electron chi connectivity index (χ0n) is 10.6. The van der Waals surface area contributed by atoms with Crippen molar-refractivity contribution in [1.29, 1.82) is 0 Å². The van der Waals surface area contributed by atoms with E-state index in [2.05, 4.69) is 15.4 Å². The Morgan fingerprint density at radius 3 is 2.84 bits per heavy atom. The van der Waals surface area contributed by atoms with E-state index in [1.807, 2.05) is 18.3 Å². The average Bonchev–Trinajstić information content (AvgIpc) is 2.85. The molecule has 6 nitrogen and oxygen atoms in total. The lowest BCUT2D eigenvalue weighted by molar-refractivity contribution is -0.116. The van der Waals surface area contributed by atoms with Gasteiger partial charge in [-0.2, -0.15) is 5.10 Å². The molecule has 100 valence electrons. The molecule has 0 spiro atoms. The van der Waals surface area contributed by atoms with Gasteiger partial charge in [-0.15, -0.1) is 0 Å². The van der Waals surface area contributed by atoms with E-state index in [1.54, 1.807) is 23.1 Å². The summed E-state index contributed by atoms with van der Waals surface area (Å²) < 4.78 is 1.80. The van der Waals surface area contributed by atoms with Crippen molar-refractivity contribution < 1.29 is 4.79 Å². The lowest BCUT2D eigenvalue weighted by Crippen LogP contribution is -2.16. The molecule has 0 saturated carbocycles. The van der Waals surface area contributed by atoms with E-state index in [0.29, 0.717) is 18.8 Å². The summed E-state index contributed by atoms with van der Waals surface area (Å²) in [5, 5.41) is 6.98. The van der Waals surface area contributed by atoms with Gasteiger partial charge in [0, 0.05) is 44.2 Å². The van der Waals surface area contributed by atoms with Gasteiger partial charge in [0.25, 0.3) is 0 Å². The lowest BCUT2D eigenvalue weighted by Gasteiger charge is -2.02. The Morgan fingerprint density at radius 2 is 2.11 bits per heavy atom. The summed E-state index contributed by atoms with van der Waals surface area (Å²) in [7, 11) is 0. The number of nitrogens with one attached hydrogen (secondary N) is 1. The highest BCUT2D eigenvalue weighted by atomic mass is 16.1. The first-order valence-corrected chi connectivity index (χ1v) is 6.20. The van der Waals surface area contributed by atoms with E-state index in [9.17, 15) is 4.79 Å². The molecule has 0 unspecified atom stereocenters. The van der Waals surface area contributed by atoms with Crippen molar-refractivity contribution in [2.75, 3.05) is 11.9 Å². The largest absolute Gasteiger partial charge is 0.330 e. The standard InChI is InChI=1S/C13H17N5O/c14-6-1-13(19)16-12-5-10-18(17-12)9-4-11-2-7-15-8-3-11/h2-3,5,7-8,10H,1,4,6,9,14H2,(H,16,17,19). The first-order valence-electron chi connectivity index (χ1n) is 6.20. The third-order valence-electron chi connectivity index (χ3n) is 2.66. The minimum atomic E-state index is -0.109. The number of rotatable bonds is 6. The van der Waals surface area contributed by atoms with E-state index in [4.69, 9.17) is 5.73 Å². The molecule has 0 atom stereocenters. The molecule has 2 aromatic rings. The third-order valence-corrected chi connectivity index (χ3v) is 2.66. The number of amides is 1. The number of aromatic nitrogens is 3. The van der Waals surface area contributed by atoms with Gasteiger partial charge in [-0.05, 0) is 24.1 Å². The summed E-state index contributed by atoms with van der Waals surface area (Å²) in [5.74, 6) is 0.454. The predicted molar refractivity (Wildman–Crippen MR) is 72.5 cm³/mol. The third kappa shape index (κ3) is 4.18. The highest BCUT2D eigenvalue weighted by Crippen LogP contribution is 2.05. The van der Waals surface area contributed by atoms with Gasteiger partial charge in [-0.1, -0.05) is 0 Å². The van der Waals surface area contributed by atoms with Gasteiger partial charge in [-0.3, -0.25) is 14.5 Å². The van der Waals surface area contributed by atoms with Gasteiger partial charge in [0.05, 0.1) is 0 Å². The van der Waals surface area contributed by atoms with Crippen LogP contribution in [0.4, 0.5) is 5.82 Å². The number of nitrogens with zero attached hydrogens (tertiary/aromatic N) is 3. The van der Waals surface area contributed by atoms with Crippen molar-refractivity contribution in [3.05, 3.63) is 42.4 Å². The van der Waals surface area contributed by atoms with Gasteiger partial charge in [0.15, 0.2) is 5.82 Å². The summed E-state index contributed by atoms with van der Waals surface area (Å²) >= 11 is 0. The van der Waals surface area contributed by atoms with Crippen molar-refractivity contribution >= 4 is 11.7 Å². The average molecular weight is 259 g/mol. The van der Waals surface area contributed by atoms with E-state index < -0.39 is 0 Å². The molecule has 6 heteroatoms. The van der Waals surface area contributed by atoms with E-state index in [1.165, 1.54) is 5.56 Å². The van der Waals surface area contributed by atoms with Crippen LogP contribution in [0.5, 0.6) is 0 Å². The number of carbonyl (C=O) groups is 1. The van der Waals surface area contributed by atoms with Gasteiger partial charge < -0.3 is 11.1 Å². The maximum absolute atomic E-state index is 11.4. The highest BCUT2D eigenvalue weighted by molar-refractivity contribution is 5.89. The van der Waals surface area contributed by atoms with Gasteiger partial charge in [0.2, 0.25) is 5.91 Å². The second-order valence-electron chi connectivity index (χ2n) is 4.16. The zero-order valence-corrected chi connectivity index (χ0v) is 10.6. The fraction of sp³-hybridized carbons (Fsp3) is 0.308. The fourth-order valence-electron chi connectivity index (χ4n) is 1.68. The Kier molecular flexibility index (Phi) is 4.63. The number of aryl methyl sites for hydroxylation is 2. The van der Waals surface area contributed by atoms with Crippen molar-refractivity contribution in [3.63, 3.8) is 0 Å². The van der Waals surface area contributed by atoms with Crippen LogP contribution in [0.25, 0.3) is 0 Å². The molecule has 2 heterocycles. The van der Waals surface area contributed by atoms with Crippen LogP contribution in [-0.4, -0.2) is 27.2 Å². The molecule has 0 aromatic carbocycles. The molecule has 0 radical (unpaired) electrons. The molecule has 2 aromatic heterocycles. The Balaban J connectivity index is 1.85. The Labute approximate surface area is 111 Å². The maximum Gasteiger partial charge on any atom is 0.226 e. The number of hydrogen-bond acceptors (Lipinski definition) is 4. The van der Waals surface area contributed by atoms with Crippen LogP contribution in [-0.2, 0) is 17.8 Å². The van der Waals surface area contributed by atoms with Crippen molar-refractivity contribution in [2.45, 2.75) is 19.4 Å². The summed E-state index contributed by atoms with van der Waals surface area (Å²) in [4.78, 5) is 15.3. The van der Waals surface area contributed by atoms with E-state index >= 15 is 0 Å². The van der Waals surface area contributed by atoms with Gasteiger partial charge in [0.1, 0.15) is 0 Å². The lowest BCUT2D eigenvalue weighted by atomic mass is 10.2. The Morgan fingerprint density at radius 1 is 1.32 bits per heavy atom. The second-order valence-corrected chi connectivity index (χ2v) is 4.16. The minimum Gasteiger partial charge on any atom is -0.330 e. The zero-order chi connectivity index (χ0) is 13.5. The summed E-state index contributed by atoms with van der Waals surface area (Å²) in [6.07, 6.45) is 6.58. The number of carbonyl (C=O) groups excluding carboxylic acids is 1. The first-order chi connectivity index (χ1) is 9.28. The molecule has 0 aliphatic carbocycles. The molecule has 0 aliphatic heterocycles. The van der Waals surface area contributed by atoms with E-state index in [0.717, 1.165) is 13.0 Å². The smallest absolute Gasteiger partial charge is 0.226 e. The summed E-state index contributed by atoms with van der Waals surface area (Å²) in [6.45, 7) is 1.10. The van der Waals surface area contributed by atoms with Gasteiger partial charge in [-0.25, -0.2) is 0 Å². The quantitative estimate of drug-likeness (QED) is 0.803. The van der Waals surface area contributed by atoms with E-state index in [-0.39, 0.29) is 5.91 Å². The summed E-state index contributed by atoms with van der Waals surface area (Å²) in [6, 6.07) is 5.74. The fourth-order valence-corrected chi connectivity index (χ4v) is 1.68. The second kappa shape index (κ2) is 6.65. The number of pyridine rings is 1. The molecule has 0 bridgehead atoms. The van der Waals surface area contributed by atoms with Crippen LogP contribution in [0.2, 0.25) is 0 Å². The maximum atomic E-state index is 11.4. The molecule has 19 heavy (non-hydrogen) atoms. The molecular formula is C13H17N5O. The summed E-state index contributed by atoms with van der Waals surface area (Å²) in [5.41, 5.74) is 6.52. The normalized spacial score (nSPS) is 10.4. The number of nitrogens with two attached hydrogens (primary N) is 1. The van der Waals surface area contributed by atoms with Gasteiger partial charge >= 0.3 is 0 Å². The van der Waals surface area contributed by atoms with Crippen LogP contribution < -0.4 is 11.1 Å². The van der Waals surface area contributed by atoms with Crippen molar-refractivity contribution in [2.24, 2.45) is 5.73 Å². The molecular weight excluding hydrogens is 242 g/mol. The topological polar surface area (TPSA) is 85.8 Å². The molecule has 0 fully saturated rings. The SMILES string of the molecule is NCCC(=O)Nc1ccn(CCc2ccncc2)n1. The Bertz CT molecular complexity index is 523. The van der Waals surface area contributed by atoms with Crippen LogP contribution in [0.3, 0.4) is 0 Å². The monoisotopic (exact) mass is 259 g/mol. The molecule has 1 amide bonds. The predicted octanol–water partition coefficient (Wildman–Crippen LogP) is 0.808. The van der Waals surface area contributed by atoms with Crippen LogP contribution in [0.15, 0.2) is 36.8 Å². The highest BCUT2D eigenvalue weighted by Gasteiger charge is 2.04. The Hall–Kier alpha value is -2.21. The molecule has 0 aliphatic rings. The van der Waals surface area contributed by atoms with Crippen molar-refractivity contribution in [1.82, 2.24) is 14.8 Å². The number of hydrogen-bond donors (Lipinski definition) is 2.